The molecule has 13 heavy (non-hydrogen) atoms. The molecule has 72 valence electrons. The summed E-state index contributed by atoms with van der Waals surface area (Å²) in [6, 6.07) is 2.07. The molecule has 2 rings (SSSR count). The van der Waals surface area contributed by atoms with E-state index in [1.807, 2.05) is 0 Å². The fourth-order valence-corrected chi connectivity index (χ4v) is 2.91. The van der Waals surface area contributed by atoms with Crippen LogP contribution in [0.1, 0.15) is 32.1 Å². The van der Waals surface area contributed by atoms with E-state index in [4.69, 9.17) is 10.00 Å². The maximum absolute atomic E-state index is 10.2. The summed E-state index contributed by atoms with van der Waals surface area (Å²) >= 11 is 0. The Kier molecular flexibility index (Phi) is 1.86. The van der Waals surface area contributed by atoms with Crippen LogP contribution in [0.15, 0.2) is 0 Å². The molecule has 2 fully saturated rings. The molecule has 2 unspecified atom stereocenters. The van der Waals surface area contributed by atoms with Crippen LogP contribution in [-0.2, 0) is 4.74 Å². The second-order valence-electron chi connectivity index (χ2n) is 4.30. The number of ether oxygens (including phenoxy) is 1. The average Bonchev–Trinajstić information content (AvgIpc) is 1.97. The van der Waals surface area contributed by atoms with Gasteiger partial charge in [-0.05, 0) is 12.8 Å². The van der Waals surface area contributed by atoms with Crippen molar-refractivity contribution >= 4 is 0 Å². The van der Waals surface area contributed by atoms with E-state index in [2.05, 4.69) is 6.07 Å². The molecular weight excluding hydrogens is 166 g/mol. The van der Waals surface area contributed by atoms with Crippen molar-refractivity contribution in [1.82, 2.24) is 0 Å². The van der Waals surface area contributed by atoms with Gasteiger partial charge in [0.1, 0.15) is 0 Å². The molecule has 1 spiro atoms. The Morgan fingerprint density at radius 3 is 2.69 bits per heavy atom. The highest BCUT2D eigenvalue weighted by molar-refractivity contribution is 5.19. The molecule has 0 bridgehead atoms. The number of nitrogens with zero attached hydrogens (tertiary/aromatic N) is 1. The maximum Gasteiger partial charge on any atom is 0.0882 e. The predicted octanol–water partition coefficient (Wildman–Crippen LogP) is 1.22. The second-order valence-corrected chi connectivity index (χ2v) is 4.30. The van der Waals surface area contributed by atoms with E-state index < -0.39 is 5.60 Å². The van der Waals surface area contributed by atoms with Gasteiger partial charge in [0.25, 0.3) is 0 Å². The van der Waals surface area contributed by atoms with Crippen LogP contribution in [0.25, 0.3) is 0 Å². The van der Waals surface area contributed by atoms with Crippen LogP contribution in [0, 0.1) is 16.7 Å². The lowest BCUT2D eigenvalue weighted by atomic mass is 9.44. The molecule has 0 heterocycles. The molecule has 0 aromatic carbocycles. The molecule has 2 atom stereocenters. The minimum Gasteiger partial charge on any atom is -0.388 e. The SMILES string of the molecule is COC1CC(O)(CC#N)C12CCC2. The largest absolute Gasteiger partial charge is 0.388 e. The van der Waals surface area contributed by atoms with E-state index >= 15 is 0 Å². The van der Waals surface area contributed by atoms with Crippen LogP contribution < -0.4 is 0 Å². The summed E-state index contributed by atoms with van der Waals surface area (Å²) in [4.78, 5) is 0. The third-order valence-corrected chi connectivity index (χ3v) is 3.97. The lowest BCUT2D eigenvalue weighted by Crippen LogP contribution is -2.70. The Labute approximate surface area is 78.3 Å². The number of hydrogen-bond acceptors (Lipinski definition) is 3. The Morgan fingerprint density at radius 2 is 2.31 bits per heavy atom. The smallest absolute Gasteiger partial charge is 0.0882 e. The third kappa shape index (κ3) is 0.905. The summed E-state index contributed by atoms with van der Waals surface area (Å²) in [5, 5.41) is 18.8. The molecule has 0 aromatic rings. The number of nitriles is 1. The monoisotopic (exact) mass is 181 g/mol. The van der Waals surface area contributed by atoms with Crippen molar-refractivity contribution in [2.45, 2.75) is 43.8 Å². The van der Waals surface area contributed by atoms with E-state index in [9.17, 15) is 5.11 Å². The van der Waals surface area contributed by atoms with Gasteiger partial charge >= 0.3 is 0 Å². The molecule has 1 N–H and O–H groups in total. The van der Waals surface area contributed by atoms with E-state index in [0.717, 1.165) is 19.3 Å². The summed E-state index contributed by atoms with van der Waals surface area (Å²) in [6.07, 6.45) is 4.27. The summed E-state index contributed by atoms with van der Waals surface area (Å²) in [6.45, 7) is 0. The summed E-state index contributed by atoms with van der Waals surface area (Å²) in [5.74, 6) is 0. The highest BCUT2D eigenvalue weighted by Crippen LogP contribution is 2.64. The van der Waals surface area contributed by atoms with Crippen LogP contribution in [0.4, 0.5) is 0 Å². The van der Waals surface area contributed by atoms with Gasteiger partial charge in [-0.15, -0.1) is 0 Å². The molecule has 0 aromatic heterocycles. The van der Waals surface area contributed by atoms with Crippen molar-refractivity contribution in [3.63, 3.8) is 0 Å². The molecule has 0 aliphatic heterocycles. The zero-order valence-corrected chi connectivity index (χ0v) is 7.92. The molecular formula is C10H15NO2. The number of methoxy groups -OCH3 is 1. The number of hydrogen-bond donors (Lipinski definition) is 1. The lowest BCUT2D eigenvalue weighted by Gasteiger charge is -2.65. The van der Waals surface area contributed by atoms with Gasteiger partial charge in [0.2, 0.25) is 0 Å². The molecule has 2 aliphatic carbocycles. The van der Waals surface area contributed by atoms with Crippen LogP contribution >= 0.6 is 0 Å². The predicted molar refractivity (Wildman–Crippen MR) is 46.9 cm³/mol. The van der Waals surface area contributed by atoms with Gasteiger partial charge in [-0.25, -0.2) is 0 Å². The first kappa shape index (κ1) is 8.98. The second kappa shape index (κ2) is 2.70. The number of rotatable bonds is 2. The Hall–Kier alpha value is -0.590. The van der Waals surface area contributed by atoms with E-state index in [-0.39, 0.29) is 17.9 Å². The van der Waals surface area contributed by atoms with E-state index in [1.165, 1.54) is 0 Å². The zero-order valence-electron chi connectivity index (χ0n) is 7.92. The fourth-order valence-electron chi connectivity index (χ4n) is 2.91. The Bertz CT molecular complexity index is 254. The summed E-state index contributed by atoms with van der Waals surface area (Å²) in [7, 11) is 1.69. The maximum atomic E-state index is 10.2. The van der Waals surface area contributed by atoms with Crippen LogP contribution in [0.5, 0.6) is 0 Å². The van der Waals surface area contributed by atoms with Crippen molar-refractivity contribution in [2.24, 2.45) is 5.41 Å². The fraction of sp³-hybridized carbons (Fsp3) is 0.900. The van der Waals surface area contributed by atoms with Gasteiger partial charge in [-0.3, -0.25) is 0 Å². The van der Waals surface area contributed by atoms with Gasteiger partial charge in [0.15, 0.2) is 0 Å². The molecule has 3 nitrogen and oxygen atoms in total. The van der Waals surface area contributed by atoms with Gasteiger partial charge in [0, 0.05) is 18.9 Å². The molecule has 0 saturated heterocycles. The first-order valence-electron chi connectivity index (χ1n) is 4.81. The van der Waals surface area contributed by atoms with Crippen molar-refractivity contribution in [3.05, 3.63) is 0 Å². The van der Waals surface area contributed by atoms with E-state index in [0.29, 0.717) is 6.42 Å². The highest BCUT2D eigenvalue weighted by Gasteiger charge is 2.67. The lowest BCUT2D eigenvalue weighted by molar-refractivity contribution is -0.279. The van der Waals surface area contributed by atoms with Crippen LogP contribution in [0.3, 0.4) is 0 Å². The Balaban J connectivity index is 2.13. The molecule has 2 aliphatic rings. The minimum atomic E-state index is -0.749. The molecule has 2 saturated carbocycles. The third-order valence-electron chi connectivity index (χ3n) is 3.97. The summed E-state index contributed by atoms with van der Waals surface area (Å²) < 4.78 is 5.32. The van der Waals surface area contributed by atoms with Gasteiger partial charge in [-0.2, -0.15) is 5.26 Å². The van der Waals surface area contributed by atoms with Gasteiger partial charge in [0.05, 0.1) is 24.2 Å². The average molecular weight is 181 g/mol. The quantitative estimate of drug-likeness (QED) is 0.696. The van der Waals surface area contributed by atoms with E-state index in [1.54, 1.807) is 7.11 Å². The zero-order chi connectivity index (χ0) is 9.53. The molecule has 3 heteroatoms. The standard InChI is InChI=1S/C10H15NO2/c1-13-8-7-10(12,5-6-11)9(8)3-2-4-9/h8,12H,2-5,7H2,1H3. The molecule has 0 radical (unpaired) electrons. The Morgan fingerprint density at radius 1 is 1.62 bits per heavy atom. The van der Waals surface area contributed by atoms with Crippen molar-refractivity contribution < 1.29 is 9.84 Å². The first-order chi connectivity index (χ1) is 6.18. The normalized spacial score (nSPS) is 40.5. The van der Waals surface area contributed by atoms with Crippen LogP contribution in [0.2, 0.25) is 0 Å². The van der Waals surface area contributed by atoms with Gasteiger partial charge < -0.3 is 9.84 Å². The first-order valence-corrected chi connectivity index (χ1v) is 4.81. The van der Waals surface area contributed by atoms with Crippen molar-refractivity contribution in [1.29, 1.82) is 5.26 Å². The molecule has 0 amide bonds. The van der Waals surface area contributed by atoms with Crippen LogP contribution in [-0.4, -0.2) is 23.9 Å². The topological polar surface area (TPSA) is 53.2 Å². The highest BCUT2D eigenvalue weighted by atomic mass is 16.5. The number of aliphatic hydroxyl groups is 1. The minimum absolute atomic E-state index is 0.0719. The van der Waals surface area contributed by atoms with Crippen molar-refractivity contribution in [3.8, 4) is 6.07 Å². The summed E-state index contributed by atoms with van der Waals surface area (Å²) in [5.41, 5.74) is -0.821. The van der Waals surface area contributed by atoms with Gasteiger partial charge in [-0.1, -0.05) is 6.42 Å². The van der Waals surface area contributed by atoms with Crippen molar-refractivity contribution in [2.75, 3.05) is 7.11 Å².